The summed E-state index contributed by atoms with van der Waals surface area (Å²) >= 11 is 3.41. The molecule has 5 rings (SSSR count). The van der Waals surface area contributed by atoms with Crippen molar-refractivity contribution in [3.63, 3.8) is 0 Å². The lowest BCUT2D eigenvalue weighted by molar-refractivity contribution is -0.0387. The Hall–Kier alpha value is -2.87. The van der Waals surface area contributed by atoms with Gasteiger partial charge in [0, 0.05) is 26.9 Å². The van der Waals surface area contributed by atoms with E-state index in [1.165, 1.54) is 10.4 Å². The Kier molecular flexibility index (Phi) is 7.06. The van der Waals surface area contributed by atoms with Gasteiger partial charge in [0.1, 0.15) is 0 Å². The molecule has 4 aromatic rings. The summed E-state index contributed by atoms with van der Waals surface area (Å²) in [5, 5.41) is 11.6. The highest BCUT2D eigenvalue weighted by molar-refractivity contribution is 7.98. The topological polar surface area (TPSA) is 64.5 Å². The van der Waals surface area contributed by atoms with E-state index in [0.29, 0.717) is 11.5 Å². The first kappa shape index (κ1) is 24.8. The van der Waals surface area contributed by atoms with E-state index in [4.69, 9.17) is 9.47 Å². The van der Waals surface area contributed by atoms with Gasteiger partial charge in [0.05, 0.1) is 19.8 Å². The Balaban J connectivity index is 1.51. The molecule has 0 atom stereocenters. The van der Waals surface area contributed by atoms with Crippen LogP contribution in [0.25, 0.3) is 20.9 Å². The molecule has 0 amide bonds. The van der Waals surface area contributed by atoms with Crippen molar-refractivity contribution in [2.45, 2.75) is 49.6 Å². The molecule has 0 spiro atoms. The molecule has 1 aliphatic rings. The molecule has 7 heteroatoms. The molecule has 0 radical (unpaired) electrons. The third-order valence-corrected chi connectivity index (χ3v) is 8.83. The van der Waals surface area contributed by atoms with Gasteiger partial charge in [-0.25, -0.2) is 9.97 Å². The van der Waals surface area contributed by atoms with Gasteiger partial charge in [0.2, 0.25) is 0 Å². The number of aryl methyl sites for hydroxylation is 2. The van der Waals surface area contributed by atoms with E-state index in [1.54, 1.807) is 37.3 Å². The maximum atomic E-state index is 10.8. The Labute approximate surface area is 220 Å². The van der Waals surface area contributed by atoms with Crippen LogP contribution < -0.4 is 9.47 Å². The first-order valence-electron chi connectivity index (χ1n) is 12.0. The molecule has 5 nitrogen and oxygen atoms in total. The molecule has 2 heterocycles. The Morgan fingerprint density at radius 3 is 2.17 bits per heavy atom. The SMILES string of the molecule is COc1ccc(-c2cc(CSc3nc(C)cc(C)n3)c(-c3ccc(C4(O)CCC4)cc3)s2)cc1OC. The molecule has 2 aromatic heterocycles. The van der Waals surface area contributed by atoms with E-state index in [0.717, 1.165) is 63.1 Å². The number of ether oxygens (including phenoxy) is 2. The van der Waals surface area contributed by atoms with Crippen LogP contribution in [0, 0.1) is 13.8 Å². The number of aliphatic hydroxyl groups is 1. The first-order chi connectivity index (χ1) is 17.4. The Bertz CT molecular complexity index is 1360. The fraction of sp³-hybridized carbons (Fsp3) is 0.310. The minimum absolute atomic E-state index is 0.655. The molecule has 0 saturated heterocycles. The second kappa shape index (κ2) is 10.2. The number of thioether (sulfide) groups is 1. The quantitative estimate of drug-likeness (QED) is 0.197. The van der Waals surface area contributed by atoms with Crippen LogP contribution in [0.5, 0.6) is 11.5 Å². The van der Waals surface area contributed by atoms with Crippen molar-refractivity contribution in [1.29, 1.82) is 0 Å². The standard InChI is InChI=1S/C29H30N2O3S2/c1-18-14-19(2)31-28(30-18)35-17-22-16-26(21-8-11-24(33-3)25(15-21)34-4)36-27(22)20-6-9-23(10-7-20)29(32)12-5-13-29/h6-11,14-16,32H,5,12-13,17H2,1-4H3. The average molecular weight is 519 g/mol. The summed E-state index contributed by atoms with van der Waals surface area (Å²) in [5.41, 5.74) is 5.77. The van der Waals surface area contributed by atoms with E-state index in [1.807, 2.05) is 32.0 Å². The number of benzene rings is 2. The van der Waals surface area contributed by atoms with Gasteiger partial charge in [-0.3, -0.25) is 0 Å². The Morgan fingerprint density at radius 2 is 1.56 bits per heavy atom. The second-order valence-electron chi connectivity index (χ2n) is 9.22. The predicted octanol–water partition coefficient (Wildman–Crippen LogP) is 7.17. The number of aromatic nitrogens is 2. The summed E-state index contributed by atoms with van der Waals surface area (Å²) < 4.78 is 11.0. The molecule has 0 aliphatic heterocycles. The maximum Gasteiger partial charge on any atom is 0.188 e. The first-order valence-corrected chi connectivity index (χ1v) is 13.8. The zero-order valence-electron chi connectivity index (χ0n) is 21.0. The number of nitrogens with zero attached hydrogens (tertiary/aromatic N) is 2. The highest BCUT2D eigenvalue weighted by Gasteiger charge is 2.36. The molecular formula is C29H30N2O3S2. The van der Waals surface area contributed by atoms with E-state index in [9.17, 15) is 5.11 Å². The summed E-state index contributed by atoms with van der Waals surface area (Å²) in [6, 6.07) is 18.7. The third-order valence-electron chi connectivity index (χ3n) is 6.66. The molecule has 1 saturated carbocycles. The second-order valence-corrected chi connectivity index (χ2v) is 11.2. The number of rotatable bonds is 8. The number of hydrogen-bond acceptors (Lipinski definition) is 7. The van der Waals surface area contributed by atoms with Gasteiger partial charge in [0.15, 0.2) is 16.7 Å². The smallest absolute Gasteiger partial charge is 0.188 e. The fourth-order valence-corrected chi connectivity index (χ4v) is 6.75. The molecular weight excluding hydrogens is 488 g/mol. The summed E-state index contributed by atoms with van der Waals surface area (Å²) in [7, 11) is 3.31. The van der Waals surface area contributed by atoms with Crippen LogP contribution in [-0.4, -0.2) is 29.3 Å². The van der Waals surface area contributed by atoms with Crippen molar-refractivity contribution >= 4 is 23.1 Å². The lowest BCUT2D eigenvalue weighted by Crippen LogP contribution is -2.33. The number of thiophene rings is 1. The molecule has 36 heavy (non-hydrogen) atoms. The molecule has 186 valence electrons. The zero-order chi connectivity index (χ0) is 25.3. The van der Waals surface area contributed by atoms with E-state index < -0.39 is 5.60 Å². The third kappa shape index (κ3) is 5.01. The van der Waals surface area contributed by atoms with Crippen LogP contribution >= 0.6 is 23.1 Å². The molecule has 2 aromatic carbocycles. The highest BCUT2D eigenvalue weighted by atomic mass is 32.2. The minimum Gasteiger partial charge on any atom is -0.493 e. The molecule has 1 aliphatic carbocycles. The van der Waals surface area contributed by atoms with Crippen molar-refractivity contribution in [1.82, 2.24) is 9.97 Å². The van der Waals surface area contributed by atoms with Crippen LogP contribution in [0.2, 0.25) is 0 Å². The van der Waals surface area contributed by atoms with E-state index >= 15 is 0 Å². The molecule has 1 N–H and O–H groups in total. The van der Waals surface area contributed by atoms with Crippen molar-refractivity contribution < 1.29 is 14.6 Å². The molecule has 0 unspecified atom stereocenters. The fourth-order valence-electron chi connectivity index (χ4n) is 4.54. The van der Waals surface area contributed by atoms with Crippen LogP contribution in [0.3, 0.4) is 0 Å². The maximum absolute atomic E-state index is 10.8. The Morgan fingerprint density at radius 1 is 0.889 bits per heavy atom. The molecule has 0 bridgehead atoms. The lowest BCUT2D eigenvalue weighted by atomic mass is 9.75. The van der Waals surface area contributed by atoms with Gasteiger partial charge >= 0.3 is 0 Å². The van der Waals surface area contributed by atoms with Gasteiger partial charge in [-0.05, 0) is 85.7 Å². The minimum atomic E-state index is -0.655. The van der Waals surface area contributed by atoms with Gasteiger partial charge in [-0.1, -0.05) is 36.0 Å². The normalized spacial score (nSPS) is 14.4. The number of methoxy groups -OCH3 is 2. The van der Waals surface area contributed by atoms with Crippen LogP contribution in [0.4, 0.5) is 0 Å². The summed E-state index contributed by atoms with van der Waals surface area (Å²) in [5.74, 6) is 2.18. The van der Waals surface area contributed by atoms with E-state index in [2.05, 4.69) is 46.4 Å². The van der Waals surface area contributed by atoms with Crippen molar-refractivity contribution in [3.8, 4) is 32.4 Å². The van der Waals surface area contributed by atoms with Crippen LogP contribution in [0.1, 0.15) is 41.8 Å². The van der Waals surface area contributed by atoms with Crippen molar-refractivity contribution in [2.75, 3.05) is 14.2 Å². The number of hydrogen-bond donors (Lipinski definition) is 1. The van der Waals surface area contributed by atoms with Crippen molar-refractivity contribution in [2.24, 2.45) is 0 Å². The van der Waals surface area contributed by atoms with Gasteiger partial charge in [-0.2, -0.15) is 0 Å². The summed E-state index contributed by atoms with van der Waals surface area (Å²) in [4.78, 5) is 11.6. The predicted molar refractivity (Wildman–Crippen MR) is 147 cm³/mol. The van der Waals surface area contributed by atoms with Crippen LogP contribution in [0.15, 0.2) is 59.8 Å². The van der Waals surface area contributed by atoms with Gasteiger partial charge in [0.25, 0.3) is 0 Å². The van der Waals surface area contributed by atoms with Gasteiger partial charge < -0.3 is 14.6 Å². The van der Waals surface area contributed by atoms with Crippen LogP contribution in [-0.2, 0) is 11.4 Å². The monoisotopic (exact) mass is 518 g/mol. The highest BCUT2D eigenvalue weighted by Crippen LogP contribution is 2.44. The molecule has 1 fully saturated rings. The summed E-state index contributed by atoms with van der Waals surface area (Å²) in [6.07, 6.45) is 2.76. The summed E-state index contributed by atoms with van der Waals surface area (Å²) in [6.45, 7) is 4.00. The zero-order valence-corrected chi connectivity index (χ0v) is 22.6. The lowest BCUT2D eigenvalue weighted by Gasteiger charge is -2.37. The van der Waals surface area contributed by atoms with Crippen molar-refractivity contribution in [3.05, 3.63) is 77.1 Å². The van der Waals surface area contributed by atoms with E-state index in [-0.39, 0.29) is 0 Å². The average Bonchev–Trinajstić information content (AvgIpc) is 3.29. The van der Waals surface area contributed by atoms with Gasteiger partial charge in [-0.15, -0.1) is 11.3 Å². The largest absolute Gasteiger partial charge is 0.493 e.